The van der Waals surface area contributed by atoms with Crippen LogP contribution in [0.25, 0.3) is 11.0 Å². The predicted octanol–water partition coefficient (Wildman–Crippen LogP) is 3.70. The van der Waals surface area contributed by atoms with Gasteiger partial charge in [0.25, 0.3) is 0 Å². The zero-order valence-electron chi connectivity index (χ0n) is 12.4. The number of fused-ring (bicyclic) bond motifs is 1. The van der Waals surface area contributed by atoms with Gasteiger partial charge in [0, 0.05) is 26.3 Å². The lowest BCUT2D eigenvalue weighted by molar-refractivity contribution is 0.0696. The third kappa shape index (κ3) is 4.06. The van der Waals surface area contributed by atoms with Crippen molar-refractivity contribution in [3.63, 3.8) is 0 Å². The number of halogens is 1. The molecular formula is C14H19ClN2O3Si. The van der Waals surface area contributed by atoms with E-state index in [1.54, 1.807) is 16.7 Å². The van der Waals surface area contributed by atoms with Gasteiger partial charge in [-0.1, -0.05) is 31.2 Å². The van der Waals surface area contributed by atoms with Crippen LogP contribution >= 0.6 is 11.6 Å². The lowest BCUT2D eigenvalue weighted by Crippen LogP contribution is -2.22. The zero-order valence-corrected chi connectivity index (χ0v) is 14.1. The van der Waals surface area contributed by atoms with Crippen LogP contribution in [0.15, 0.2) is 18.3 Å². The van der Waals surface area contributed by atoms with Crippen LogP contribution < -0.4 is 0 Å². The summed E-state index contributed by atoms with van der Waals surface area (Å²) in [7, 11) is -1.11. The molecule has 0 spiro atoms. The molecule has 0 radical (unpaired) electrons. The van der Waals surface area contributed by atoms with Crippen molar-refractivity contribution >= 4 is 36.7 Å². The maximum absolute atomic E-state index is 10.9. The minimum Gasteiger partial charge on any atom is -0.478 e. The average Bonchev–Trinajstić information content (AvgIpc) is 2.68. The number of rotatable bonds is 6. The highest BCUT2D eigenvalue weighted by atomic mass is 35.5. The van der Waals surface area contributed by atoms with Crippen LogP contribution in [0.2, 0.25) is 30.8 Å². The van der Waals surface area contributed by atoms with E-state index in [-0.39, 0.29) is 5.56 Å². The number of pyridine rings is 1. The summed E-state index contributed by atoms with van der Waals surface area (Å²) in [6.07, 6.45) is 1.33. The number of hydrogen-bond acceptors (Lipinski definition) is 3. The molecule has 0 atom stereocenters. The topological polar surface area (TPSA) is 64.3 Å². The Hall–Kier alpha value is -1.37. The van der Waals surface area contributed by atoms with Gasteiger partial charge in [-0.3, -0.25) is 4.57 Å². The number of carbonyl (C=O) groups is 1. The normalized spacial score (nSPS) is 12.0. The first-order valence-corrected chi connectivity index (χ1v) is 10.8. The fraction of sp³-hybridized carbons (Fsp3) is 0.429. The Morgan fingerprint density at radius 2 is 2.14 bits per heavy atom. The van der Waals surface area contributed by atoms with Crippen molar-refractivity contribution in [1.82, 2.24) is 9.55 Å². The molecule has 2 aromatic heterocycles. The molecule has 0 fully saturated rings. The van der Waals surface area contributed by atoms with E-state index < -0.39 is 14.0 Å². The van der Waals surface area contributed by atoms with Crippen molar-refractivity contribution in [2.75, 3.05) is 6.61 Å². The van der Waals surface area contributed by atoms with Gasteiger partial charge in [0.2, 0.25) is 0 Å². The maximum Gasteiger partial charge on any atom is 0.337 e. The molecule has 0 aliphatic carbocycles. The summed E-state index contributed by atoms with van der Waals surface area (Å²) >= 11 is 6.17. The van der Waals surface area contributed by atoms with E-state index >= 15 is 0 Å². The molecule has 5 nitrogen and oxygen atoms in total. The van der Waals surface area contributed by atoms with E-state index in [9.17, 15) is 4.79 Å². The molecule has 1 N–H and O–H groups in total. The standard InChI is InChI=1S/C14H19ClN2O3Si/c1-21(2,3)5-4-20-9-17-12(15)7-10-6-11(14(18)19)8-16-13(10)17/h6-8H,4-5,9H2,1-3H3,(H,18,19). The van der Waals surface area contributed by atoms with Crippen molar-refractivity contribution in [2.45, 2.75) is 32.4 Å². The fourth-order valence-corrected chi connectivity index (χ4v) is 2.89. The van der Waals surface area contributed by atoms with Crippen molar-refractivity contribution in [3.8, 4) is 0 Å². The van der Waals surface area contributed by atoms with Crippen LogP contribution in [0.5, 0.6) is 0 Å². The minimum atomic E-state index is -1.11. The molecule has 2 rings (SSSR count). The molecule has 0 aliphatic heterocycles. The summed E-state index contributed by atoms with van der Waals surface area (Å²) in [5, 5.41) is 10.2. The predicted molar refractivity (Wildman–Crippen MR) is 85.8 cm³/mol. The number of aromatic carboxylic acids is 1. The molecule has 0 amide bonds. The molecular weight excluding hydrogens is 308 g/mol. The Balaban J connectivity index is 2.13. The quantitative estimate of drug-likeness (QED) is 0.649. The molecule has 0 unspecified atom stereocenters. The van der Waals surface area contributed by atoms with Gasteiger partial charge in [0.1, 0.15) is 17.5 Å². The van der Waals surface area contributed by atoms with E-state index in [4.69, 9.17) is 21.4 Å². The molecule has 7 heteroatoms. The zero-order chi connectivity index (χ0) is 15.6. The Bertz CT molecular complexity index is 664. The average molecular weight is 327 g/mol. The van der Waals surface area contributed by atoms with Gasteiger partial charge >= 0.3 is 5.97 Å². The Labute approximate surface area is 129 Å². The Morgan fingerprint density at radius 1 is 1.43 bits per heavy atom. The number of nitrogens with zero attached hydrogens (tertiary/aromatic N) is 2. The molecule has 2 heterocycles. The molecule has 0 aromatic carbocycles. The Kier molecular flexibility index (Phi) is 4.70. The number of ether oxygens (including phenoxy) is 1. The molecule has 0 aliphatic rings. The first-order chi connectivity index (χ1) is 9.78. The molecule has 0 saturated carbocycles. The largest absolute Gasteiger partial charge is 0.478 e. The molecule has 2 aromatic rings. The second-order valence-corrected chi connectivity index (χ2v) is 12.2. The highest BCUT2D eigenvalue weighted by molar-refractivity contribution is 6.76. The summed E-state index contributed by atoms with van der Waals surface area (Å²) in [6.45, 7) is 7.90. The molecule has 21 heavy (non-hydrogen) atoms. The number of carboxylic acid groups (broad SMARTS) is 1. The highest BCUT2D eigenvalue weighted by Crippen LogP contribution is 2.23. The SMILES string of the molecule is C[Si](C)(C)CCOCn1c(Cl)cc2cc(C(=O)O)cnc21. The summed E-state index contributed by atoms with van der Waals surface area (Å²) in [5.74, 6) is -1.00. The first-order valence-electron chi connectivity index (χ1n) is 6.74. The Morgan fingerprint density at radius 3 is 2.76 bits per heavy atom. The number of hydrogen-bond donors (Lipinski definition) is 1. The smallest absolute Gasteiger partial charge is 0.337 e. The molecule has 114 valence electrons. The maximum atomic E-state index is 10.9. The second-order valence-electron chi connectivity index (χ2n) is 6.19. The van der Waals surface area contributed by atoms with Crippen LogP contribution in [0.4, 0.5) is 0 Å². The van der Waals surface area contributed by atoms with Crippen molar-refractivity contribution < 1.29 is 14.6 Å². The van der Waals surface area contributed by atoms with E-state index in [0.29, 0.717) is 29.5 Å². The second kappa shape index (κ2) is 6.17. The van der Waals surface area contributed by atoms with Crippen molar-refractivity contribution in [2.24, 2.45) is 0 Å². The van der Waals surface area contributed by atoms with E-state index in [2.05, 4.69) is 24.6 Å². The van der Waals surface area contributed by atoms with Crippen LogP contribution in [-0.4, -0.2) is 35.3 Å². The minimum absolute atomic E-state index is 0.149. The van der Waals surface area contributed by atoms with Crippen LogP contribution in [0, 0.1) is 0 Å². The molecule has 0 saturated heterocycles. The van der Waals surface area contributed by atoms with Gasteiger partial charge in [-0.25, -0.2) is 9.78 Å². The first kappa shape index (κ1) is 16.0. The van der Waals surface area contributed by atoms with Gasteiger partial charge < -0.3 is 9.84 Å². The van der Waals surface area contributed by atoms with Gasteiger partial charge in [-0.15, -0.1) is 0 Å². The summed E-state index contributed by atoms with van der Waals surface area (Å²) in [4.78, 5) is 15.1. The molecule has 0 bridgehead atoms. The number of carboxylic acids is 1. The van der Waals surface area contributed by atoms with Gasteiger partial charge in [0.15, 0.2) is 0 Å². The lowest BCUT2D eigenvalue weighted by atomic mass is 10.2. The van der Waals surface area contributed by atoms with Crippen LogP contribution in [0.1, 0.15) is 10.4 Å². The number of aromatic nitrogens is 2. The van der Waals surface area contributed by atoms with Gasteiger partial charge in [-0.2, -0.15) is 0 Å². The summed E-state index contributed by atoms with van der Waals surface area (Å²) in [5.41, 5.74) is 0.786. The van der Waals surface area contributed by atoms with Crippen LogP contribution in [0.3, 0.4) is 0 Å². The van der Waals surface area contributed by atoms with Crippen molar-refractivity contribution in [1.29, 1.82) is 0 Å². The van der Waals surface area contributed by atoms with Crippen LogP contribution in [-0.2, 0) is 11.5 Å². The van der Waals surface area contributed by atoms with E-state index in [0.717, 1.165) is 6.04 Å². The third-order valence-electron chi connectivity index (χ3n) is 3.15. The van der Waals surface area contributed by atoms with Crippen molar-refractivity contribution in [3.05, 3.63) is 29.0 Å². The summed E-state index contributed by atoms with van der Waals surface area (Å²) < 4.78 is 7.42. The monoisotopic (exact) mass is 326 g/mol. The highest BCUT2D eigenvalue weighted by Gasteiger charge is 2.14. The lowest BCUT2D eigenvalue weighted by Gasteiger charge is -2.16. The van der Waals surface area contributed by atoms with Gasteiger partial charge in [0.05, 0.1) is 5.56 Å². The third-order valence-corrected chi connectivity index (χ3v) is 5.16. The van der Waals surface area contributed by atoms with E-state index in [1.807, 2.05) is 0 Å². The van der Waals surface area contributed by atoms with Gasteiger partial charge in [-0.05, 0) is 18.2 Å². The van der Waals surface area contributed by atoms with E-state index in [1.165, 1.54) is 6.20 Å². The summed E-state index contributed by atoms with van der Waals surface area (Å²) in [6, 6.07) is 4.35. The fourth-order valence-electron chi connectivity index (χ4n) is 1.89.